The third kappa shape index (κ3) is 4.98. The van der Waals surface area contributed by atoms with Crippen LogP contribution < -0.4 is 29.2 Å². The molecule has 0 bridgehead atoms. The Labute approximate surface area is 193 Å². The maximum atomic E-state index is 13.0. The molecule has 0 saturated heterocycles. The second kappa shape index (κ2) is 10.2. The molecule has 7 nitrogen and oxygen atoms in total. The minimum absolute atomic E-state index is 0.123. The van der Waals surface area contributed by atoms with Crippen molar-refractivity contribution in [1.82, 2.24) is 0 Å². The molecule has 1 heterocycles. The first-order chi connectivity index (χ1) is 16.1. The van der Waals surface area contributed by atoms with Crippen molar-refractivity contribution in [1.29, 1.82) is 0 Å². The molecule has 4 rings (SSSR count). The number of hydrogen-bond donors (Lipinski definition) is 1. The number of benzene rings is 3. The van der Waals surface area contributed by atoms with E-state index >= 15 is 0 Å². The SMILES string of the molecule is COc1cc(NC(=O)CC2COc3ccccc3N2Cc2ccccc2)cc(OC)c1OC. The summed E-state index contributed by atoms with van der Waals surface area (Å²) >= 11 is 0. The van der Waals surface area contributed by atoms with Crippen LogP contribution in [0.1, 0.15) is 12.0 Å². The van der Waals surface area contributed by atoms with E-state index < -0.39 is 0 Å². The minimum Gasteiger partial charge on any atom is -0.493 e. The van der Waals surface area contributed by atoms with Gasteiger partial charge in [-0.3, -0.25) is 4.79 Å². The Morgan fingerprint density at radius 2 is 1.64 bits per heavy atom. The predicted molar refractivity (Wildman–Crippen MR) is 128 cm³/mol. The predicted octanol–water partition coefficient (Wildman–Crippen LogP) is 4.51. The van der Waals surface area contributed by atoms with Gasteiger partial charge in [-0.05, 0) is 17.7 Å². The summed E-state index contributed by atoms with van der Waals surface area (Å²) in [7, 11) is 4.63. The van der Waals surface area contributed by atoms with Gasteiger partial charge < -0.3 is 29.2 Å². The van der Waals surface area contributed by atoms with Crippen LogP contribution in [0.4, 0.5) is 11.4 Å². The van der Waals surface area contributed by atoms with Gasteiger partial charge in [0.25, 0.3) is 0 Å². The second-order valence-corrected chi connectivity index (χ2v) is 7.71. The summed E-state index contributed by atoms with van der Waals surface area (Å²) in [4.78, 5) is 15.3. The van der Waals surface area contributed by atoms with Gasteiger partial charge in [0.05, 0.1) is 39.5 Å². The molecule has 3 aromatic rings. The number of amides is 1. The van der Waals surface area contributed by atoms with E-state index in [2.05, 4.69) is 22.3 Å². The molecule has 0 aliphatic carbocycles. The van der Waals surface area contributed by atoms with E-state index in [1.165, 1.54) is 5.56 Å². The highest BCUT2D eigenvalue weighted by Gasteiger charge is 2.29. The van der Waals surface area contributed by atoms with Crippen LogP contribution in [-0.4, -0.2) is 39.9 Å². The summed E-state index contributed by atoms with van der Waals surface area (Å²) in [5.74, 6) is 2.13. The fourth-order valence-electron chi connectivity index (χ4n) is 4.03. The largest absolute Gasteiger partial charge is 0.493 e. The molecule has 0 saturated carbocycles. The molecule has 1 aliphatic rings. The number of anilines is 2. The summed E-state index contributed by atoms with van der Waals surface area (Å²) in [6.07, 6.45) is 0.262. The highest BCUT2D eigenvalue weighted by atomic mass is 16.5. The number of hydrogen-bond acceptors (Lipinski definition) is 6. The lowest BCUT2D eigenvalue weighted by molar-refractivity contribution is -0.116. The van der Waals surface area contributed by atoms with Gasteiger partial charge in [0.1, 0.15) is 12.4 Å². The standard InChI is InChI=1S/C26H28N2O5/c1-30-23-13-19(14-24(31-2)26(23)32-3)27-25(29)15-20-17-33-22-12-8-7-11-21(22)28(20)16-18-9-5-4-6-10-18/h4-14,20H,15-17H2,1-3H3,(H,27,29). The van der Waals surface area contributed by atoms with Crippen LogP contribution in [0, 0.1) is 0 Å². The fourth-order valence-corrected chi connectivity index (χ4v) is 4.03. The molecule has 33 heavy (non-hydrogen) atoms. The van der Waals surface area contributed by atoms with E-state index in [0.29, 0.717) is 36.1 Å². The Bertz CT molecular complexity index is 1080. The van der Waals surface area contributed by atoms with Crippen molar-refractivity contribution in [2.45, 2.75) is 19.0 Å². The zero-order chi connectivity index (χ0) is 23.2. The molecule has 172 valence electrons. The number of fused-ring (bicyclic) bond motifs is 1. The van der Waals surface area contributed by atoms with Crippen molar-refractivity contribution in [2.75, 3.05) is 38.2 Å². The van der Waals surface area contributed by atoms with E-state index in [1.807, 2.05) is 42.5 Å². The first-order valence-electron chi connectivity index (χ1n) is 10.7. The third-order valence-corrected chi connectivity index (χ3v) is 5.61. The van der Waals surface area contributed by atoms with Gasteiger partial charge in [-0.1, -0.05) is 42.5 Å². The van der Waals surface area contributed by atoms with Crippen molar-refractivity contribution in [3.63, 3.8) is 0 Å². The van der Waals surface area contributed by atoms with E-state index in [0.717, 1.165) is 11.4 Å². The Morgan fingerprint density at radius 1 is 0.970 bits per heavy atom. The first-order valence-corrected chi connectivity index (χ1v) is 10.7. The Morgan fingerprint density at radius 3 is 2.30 bits per heavy atom. The van der Waals surface area contributed by atoms with Crippen molar-refractivity contribution in [2.24, 2.45) is 0 Å². The lowest BCUT2D eigenvalue weighted by Gasteiger charge is -2.38. The van der Waals surface area contributed by atoms with E-state index in [1.54, 1.807) is 33.5 Å². The van der Waals surface area contributed by atoms with E-state index in [4.69, 9.17) is 18.9 Å². The van der Waals surface area contributed by atoms with Crippen LogP contribution in [0.5, 0.6) is 23.0 Å². The molecule has 0 radical (unpaired) electrons. The van der Waals surface area contributed by atoms with Gasteiger partial charge in [-0.15, -0.1) is 0 Å². The zero-order valence-electron chi connectivity index (χ0n) is 19.0. The smallest absolute Gasteiger partial charge is 0.226 e. The van der Waals surface area contributed by atoms with Crippen molar-refractivity contribution < 1.29 is 23.7 Å². The van der Waals surface area contributed by atoms with E-state index in [9.17, 15) is 4.79 Å². The number of ether oxygens (including phenoxy) is 4. The number of nitrogens with one attached hydrogen (secondary N) is 1. The third-order valence-electron chi connectivity index (χ3n) is 5.61. The van der Waals surface area contributed by atoms with E-state index in [-0.39, 0.29) is 18.4 Å². The van der Waals surface area contributed by atoms with Gasteiger partial charge >= 0.3 is 0 Å². The molecule has 0 fully saturated rings. The summed E-state index contributed by atoms with van der Waals surface area (Å²) in [6, 6.07) is 21.5. The van der Waals surface area contributed by atoms with Gasteiger partial charge in [0.15, 0.2) is 11.5 Å². The number of rotatable bonds is 8. The number of methoxy groups -OCH3 is 3. The molecule has 1 atom stereocenters. The summed E-state index contributed by atoms with van der Waals surface area (Å²) in [5.41, 5.74) is 2.73. The maximum Gasteiger partial charge on any atom is 0.226 e. The lowest BCUT2D eigenvalue weighted by atomic mass is 10.1. The molecule has 3 aromatic carbocycles. The number of carbonyl (C=O) groups excluding carboxylic acids is 1. The quantitative estimate of drug-likeness (QED) is 0.547. The van der Waals surface area contributed by atoms with Crippen LogP contribution in [0.25, 0.3) is 0 Å². The summed E-state index contributed by atoms with van der Waals surface area (Å²) < 4.78 is 22.1. The number of carbonyl (C=O) groups is 1. The molecular weight excluding hydrogens is 420 g/mol. The number of nitrogens with zero attached hydrogens (tertiary/aromatic N) is 1. The molecule has 1 amide bonds. The highest BCUT2D eigenvalue weighted by Crippen LogP contribution is 2.40. The van der Waals surface area contributed by atoms with Gasteiger partial charge in [-0.2, -0.15) is 0 Å². The topological polar surface area (TPSA) is 69.3 Å². The maximum absolute atomic E-state index is 13.0. The summed E-state index contributed by atoms with van der Waals surface area (Å²) in [5, 5.41) is 2.96. The molecule has 1 aliphatic heterocycles. The molecule has 1 unspecified atom stereocenters. The highest BCUT2D eigenvalue weighted by molar-refractivity contribution is 5.92. The molecule has 7 heteroatoms. The normalized spacial score (nSPS) is 14.6. The minimum atomic E-state index is -0.129. The van der Waals surface area contributed by atoms with Gasteiger partial charge in [0, 0.05) is 24.4 Å². The Kier molecular flexibility index (Phi) is 6.88. The molecule has 0 aromatic heterocycles. The summed E-state index contributed by atoms with van der Waals surface area (Å²) in [6.45, 7) is 1.11. The lowest BCUT2D eigenvalue weighted by Crippen LogP contribution is -2.44. The zero-order valence-corrected chi connectivity index (χ0v) is 19.0. The van der Waals surface area contributed by atoms with Crippen molar-refractivity contribution >= 4 is 17.3 Å². The van der Waals surface area contributed by atoms with Crippen LogP contribution >= 0.6 is 0 Å². The average molecular weight is 449 g/mol. The first kappa shape index (κ1) is 22.3. The Balaban J connectivity index is 1.54. The molecule has 1 N–H and O–H groups in total. The fraction of sp³-hybridized carbons (Fsp3) is 0.269. The Hall–Kier alpha value is -3.87. The second-order valence-electron chi connectivity index (χ2n) is 7.71. The van der Waals surface area contributed by atoms with Crippen LogP contribution in [0.15, 0.2) is 66.7 Å². The van der Waals surface area contributed by atoms with Crippen LogP contribution in [0.3, 0.4) is 0 Å². The van der Waals surface area contributed by atoms with Crippen molar-refractivity contribution in [3.8, 4) is 23.0 Å². The monoisotopic (exact) mass is 448 g/mol. The van der Waals surface area contributed by atoms with Crippen LogP contribution in [-0.2, 0) is 11.3 Å². The van der Waals surface area contributed by atoms with Gasteiger partial charge in [0.2, 0.25) is 11.7 Å². The molecule has 0 spiro atoms. The average Bonchev–Trinajstić information content (AvgIpc) is 2.85. The van der Waals surface area contributed by atoms with Gasteiger partial charge in [-0.25, -0.2) is 0 Å². The van der Waals surface area contributed by atoms with Crippen LogP contribution in [0.2, 0.25) is 0 Å². The molecular formula is C26H28N2O5. The number of para-hydroxylation sites is 2. The van der Waals surface area contributed by atoms with Crippen molar-refractivity contribution in [3.05, 3.63) is 72.3 Å².